The summed E-state index contributed by atoms with van der Waals surface area (Å²) in [7, 11) is 0. The third-order valence-electron chi connectivity index (χ3n) is 1.55. The lowest BCUT2D eigenvalue weighted by atomic mass is 10.1. The SMILES string of the molecule is C=C(C)c1cc(F)cc(Cl)c1N. The lowest BCUT2D eigenvalue weighted by Gasteiger charge is -2.06. The van der Waals surface area contributed by atoms with Crippen molar-refractivity contribution in [2.75, 3.05) is 5.73 Å². The Morgan fingerprint density at radius 3 is 2.67 bits per heavy atom. The van der Waals surface area contributed by atoms with E-state index in [2.05, 4.69) is 6.58 Å². The predicted molar refractivity (Wildman–Crippen MR) is 50.5 cm³/mol. The molecular weight excluding hydrogens is 177 g/mol. The van der Waals surface area contributed by atoms with E-state index >= 15 is 0 Å². The Labute approximate surface area is 75.6 Å². The maximum atomic E-state index is 12.8. The first kappa shape index (κ1) is 9.07. The summed E-state index contributed by atoms with van der Waals surface area (Å²) in [5.74, 6) is -0.396. The Kier molecular flexibility index (Phi) is 2.38. The van der Waals surface area contributed by atoms with Crippen LogP contribution in [0.3, 0.4) is 0 Å². The molecule has 1 nitrogen and oxygen atoms in total. The van der Waals surface area contributed by atoms with Crippen LogP contribution < -0.4 is 5.73 Å². The molecular formula is C9H9ClFN. The van der Waals surface area contributed by atoms with Gasteiger partial charge in [-0.2, -0.15) is 0 Å². The second-order valence-electron chi connectivity index (χ2n) is 2.63. The van der Waals surface area contributed by atoms with Crippen LogP contribution in [0.5, 0.6) is 0 Å². The van der Waals surface area contributed by atoms with Gasteiger partial charge in [0.2, 0.25) is 0 Å². The van der Waals surface area contributed by atoms with E-state index in [4.69, 9.17) is 17.3 Å². The molecule has 0 aliphatic rings. The smallest absolute Gasteiger partial charge is 0.125 e. The van der Waals surface area contributed by atoms with Crippen molar-refractivity contribution in [3.63, 3.8) is 0 Å². The molecule has 0 saturated heterocycles. The lowest BCUT2D eigenvalue weighted by molar-refractivity contribution is 0.627. The molecule has 0 radical (unpaired) electrons. The van der Waals surface area contributed by atoms with E-state index in [9.17, 15) is 4.39 Å². The van der Waals surface area contributed by atoms with Gasteiger partial charge in [-0.3, -0.25) is 0 Å². The van der Waals surface area contributed by atoms with Crippen LogP contribution in [0, 0.1) is 5.82 Å². The van der Waals surface area contributed by atoms with Gasteiger partial charge < -0.3 is 5.73 Å². The van der Waals surface area contributed by atoms with E-state index in [0.717, 1.165) is 0 Å². The van der Waals surface area contributed by atoms with Gasteiger partial charge in [-0.15, -0.1) is 0 Å². The zero-order valence-corrected chi connectivity index (χ0v) is 7.45. The molecule has 0 spiro atoms. The molecule has 1 rings (SSSR count). The Balaban J connectivity index is 3.37. The zero-order valence-electron chi connectivity index (χ0n) is 6.70. The van der Waals surface area contributed by atoms with Crippen molar-refractivity contribution in [3.8, 4) is 0 Å². The highest BCUT2D eigenvalue weighted by Gasteiger charge is 2.06. The number of halogens is 2. The van der Waals surface area contributed by atoms with Crippen LogP contribution in [0.1, 0.15) is 12.5 Å². The molecule has 3 heteroatoms. The van der Waals surface area contributed by atoms with Crippen molar-refractivity contribution < 1.29 is 4.39 Å². The molecule has 0 unspecified atom stereocenters. The molecule has 0 aliphatic heterocycles. The van der Waals surface area contributed by atoms with Gasteiger partial charge in [-0.05, 0) is 24.6 Å². The highest BCUT2D eigenvalue weighted by molar-refractivity contribution is 6.33. The molecule has 1 aromatic carbocycles. The van der Waals surface area contributed by atoms with Crippen molar-refractivity contribution >= 4 is 22.9 Å². The van der Waals surface area contributed by atoms with E-state index in [1.807, 2.05) is 0 Å². The predicted octanol–water partition coefficient (Wildman–Crippen LogP) is 3.09. The quantitative estimate of drug-likeness (QED) is 0.669. The fourth-order valence-electron chi connectivity index (χ4n) is 0.938. The summed E-state index contributed by atoms with van der Waals surface area (Å²) in [5.41, 5.74) is 7.25. The van der Waals surface area contributed by atoms with Crippen molar-refractivity contribution in [2.45, 2.75) is 6.92 Å². The Morgan fingerprint density at radius 1 is 1.58 bits per heavy atom. The molecule has 0 amide bonds. The summed E-state index contributed by atoms with van der Waals surface area (Å²) in [6.07, 6.45) is 0. The summed E-state index contributed by atoms with van der Waals surface area (Å²) in [6, 6.07) is 2.51. The van der Waals surface area contributed by atoms with Gasteiger partial charge in [0.05, 0.1) is 10.7 Å². The van der Waals surface area contributed by atoms with Crippen LogP contribution in [0.15, 0.2) is 18.7 Å². The zero-order chi connectivity index (χ0) is 9.30. The van der Waals surface area contributed by atoms with Crippen molar-refractivity contribution in [1.29, 1.82) is 0 Å². The number of hydrogen-bond acceptors (Lipinski definition) is 1. The highest BCUT2D eigenvalue weighted by Crippen LogP contribution is 2.28. The minimum Gasteiger partial charge on any atom is -0.397 e. The summed E-state index contributed by atoms with van der Waals surface area (Å²) >= 11 is 5.66. The van der Waals surface area contributed by atoms with Crippen LogP contribution >= 0.6 is 11.6 Å². The van der Waals surface area contributed by atoms with Crippen LogP contribution in [0.2, 0.25) is 5.02 Å². The molecule has 0 aromatic heterocycles. The summed E-state index contributed by atoms with van der Waals surface area (Å²) < 4.78 is 12.8. The Hall–Kier alpha value is -1.02. The number of anilines is 1. The van der Waals surface area contributed by atoms with Gasteiger partial charge >= 0.3 is 0 Å². The number of nitrogen functional groups attached to an aromatic ring is 1. The average Bonchev–Trinajstić information content (AvgIpc) is 1.96. The van der Waals surface area contributed by atoms with E-state index < -0.39 is 5.82 Å². The minimum absolute atomic E-state index is 0.230. The van der Waals surface area contributed by atoms with Crippen LogP contribution in [-0.2, 0) is 0 Å². The molecule has 0 atom stereocenters. The average molecular weight is 186 g/mol. The highest BCUT2D eigenvalue weighted by atomic mass is 35.5. The first-order chi connectivity index (χ1) is 5.52. The van der Waals surface area contributed by atoms with E-state index in [0.29, 0.717) is 16.8 Å². The first-order valence-electron chi connectivity index (χ1n) is 3.42. The second-order valence-corrected chi connectivity index (χ2v) is 3.04. The lowest BCUT2D eigenvalue weighted by Crippen LogP contribution is -1.94. The minimum atomic E-state index is -0.396. The molecule has 0 bridgehead atoms. The van der Waals surface area contributed by atoms with Crippen LogP contribution in [0.25, 0.3) is 5.57 Å². The van der Waals surface area contributed by atoms with Gasteiger partial charge in [0.15, 0.2) is 0 Å². The number of nitrogens with two attached hydrogens (primary N) is 1. The van der Waals surface area contributed by atoms with Gasteiger partial charge in [0.25, 0.3) is 0 Å². The fraction of sp³-hybridized carbons (Fsp3) is 0.111. The van der Waals surface area contributed by atoms with Crippen molar-refractivity contribution in [1.82, 2.24) is 0 Å². The molecule has 0 saturated carbocycles. The maximum Gasteiger partial charge on any atom is 0.125 e. The number of rotatable bonds is 1. The summed E-state index contributed by atoms with van der Waals surface area (Å²) in [5, 5.41) is 0.230. The maximum absolute atomic E-state index is 12.8. The number of allylic oxidation sites excluding steroid dienone is 1. The summed E-state index contributed by atoms with van der Waals surface area (Å²) in [4.78, 5) is 0. The third-order valence-corrected chi connectivity index (χ3v) is 1.87. The van der Waals surface area contributed by atoms with Crippen molar-refractivity contribution in [3.05, 3.63) is 35.1 Å². The van der Waals surface area contributed by atoms with Gasteiger partial charge in [-0.25, -0.2) is 4.39 Å². The first-order valence-corrected chi connectivity index (χ1v) is 3.80. The third kappa shape index (κ3) is 1.59. The molecule has 0 fully saturated rings. The van der Waals surface area contributed by atoms with E-state index in [1.54, 1.807) is 6.92 Å². The van der Waals surface area contributed by atoms with Gasteiger partial charge in [0, 0.05) is 5.56 Å². The second kappa shape index (κ2) is 3.15. The van der Waals surface area contributed by atoms with Crippen molar-refractivity contribution in [2.24, 2.45) is 0 Å². The van der Waals surface area contributed by atoms with E-state index in [-0.39, 0.29) is 5.02 Å². The monoisotopic (exact) mass is 185 g/mol. The largest absolute Gasteiger partial charge is 0.397 e. The molecule has 0 heterocycles. The topological polar surface area (TPSA) is 26.0 Å². The van der Waals surface area contributed by atoms with Crippen LogP contribution in [-0.4, -0.2) is 0 Å². The molecule has 0 aliphatic carbocycles. The standard InChI is InChI=1S/C9H9ClFN/c1-5(2)7-3-6(11)4-8(10)9(7)12/h3-4H,1,12H2,2H3. The summed E-state index contributed by atoms with van der Waals surface area (Å²) in [6.45, 7) is 5.41. The Bertz CT molecular complexity index is 334. The van der Waals surface area contributed by atoms with Gasteiger partial charge in [-0.1, -0.05) is 18.2 Å². The normalized spacial score (nSPS) is 9.92. The van der Waals surface area contributed by atoms with E-state index in [1.165, 1.54) is 12.1 Å². The van der Waals surface area contributed by atoms with Gasteiger partial charge in [0.1, 0.15) is 5.82 Å². The fourth-order valence-corrected chi connectivity index (χ4v) is 1.14. The molecule has 1 aromatic rings. The molecule has 2 N–H and O–H groups in total. The Morgan fingerprint density at radius 2 is 2.17 bits per heavy atom. The number of hydrogen-bond donors (Lipinski definition) is 1. The number of benzene rings is 1. The van der Waals surface area contributed by atoms with Crippen LogP contribution in [0.4, 0.5) is 10.1 Å². The molecule has 12 heavy (non-hydrogen) atoms. The molecule has 64 valence electrons.